The molecule has 0 amide bonds. The molecule has 0 radical (unpaired) electrons. The molecule has 2 aromatic rings. The lowest BCUT2D eigenvalue weighted by atomic mass is 9.97. The highest BCUT2D eigenvalue weighted by Crippen LogP contribution is 2.38. The fourth-order valence-corrected chi connectivity index (χ4v) is 3.27. The van der Waals surface area contributed by atoms with E-state index in [1.807, 2.05) is 12.1 Å². The van der Waals surface area contributed by atoms with Crippen molar-refractivity contribution in [3.05, 3.63) is 65.7 Å². The third-order valence-electron chi connectivity index (χ3n) is 3.10. The summed E-state index contributed by atoms with van der Waals surface area (Å²) in [6, 6.07) is 18.8. The first-order chi connectivity index (χ1) is 8.34. The third kappa shape index (κ3) is 2.18. The summed E-state index contributed by atoms with van der Waals surface area (Å²) in [5.74, 6) is 1.04. The number of para-hydroxylation sites is 1. The molecule has 86 valence electrons. The summed E-state index contributed by atoms with van der Waals surface area (Å²) in [5, 5.41) is 0. The minimum Gasteiger partial charge on any atom is -0.484 e. The van der Waals surface area contributed by atoms with E-state index >= 15 is 0 Å². The average molecular weight is 336 g/mol. The SMILES string of the molecule is I[C@H]1Cc2ccccc2O[C@@H]1c1ccccc1. The van der Waals surface area contributed by atoms with Crippen LogP contribution in [0, 0.1) is 0 Å². The van der Waals surface area contributed by atoms with E-state index in [9.17, 15) is 0 Å². The van der Waals surface area contributed by atoms with Crippen LogP contribution in [0.15, 0.2) is 54.6 Å². The fraction of sp³-hybridized carbons (Fsp3) is 0.200. The number of hydrogen-bond donors (Lipinski definition) is 0. The Hall–Kier alpha value is -1.03. The first-order valence-electron chi connectivity index (χ1n) is 5.78. The van der Waals surface area contributed by atoms with E-state index in [2.05, 4.69) is 65.1 Å². The molecule has 3 rings (SSSR count). The van der Waals surface area contributed by atoms with Crippen molar-refractivity contribution >= 4 is 22.6 Å². The molecule has 0 saturated heterocycles. The smallest absolute Gasteiger partial charge is 0.136 e. The van der Waals surface area contributed by atoms with Gasteiger partial charge in [-0.05, 0) is 23.6 Å². The van der Waals surface area contributed by atoms with Crippen molar-refractivity contribution in [1.29, 1.82) is 0 Å². The van der Waals surface area contributed by atoms with Gasteiger partial charge in [0.05, 0.1) is 3.92 Å². The summed E-state index contributed by atoms with van der Waals surface area (Å²) in [7, 11) is 0. The van der Waals surface area contributed by atoms with Gasteiger partial charge in [0.1, 0.15) is 11.9 Å². The van der Waals surface area contributed by atoms with Gasteiger partial charge in [0.15, 0.2) is 0 Å². The van der Waals surface area contributed by atoms with E-state index in [4.69, 9.17) is 4.74 Å². The lowest BCUT2D eigenvalue weighted by molar-refractivity contribution is 0.188. The lowest BCUT2D eigenvalue weighted by Gasteiger charge is -2.30. The van der Waals surface area contributed by atoms with Crippen LogP contribution in [0.2, 0.25) is 0 Å². The quantitative estimate of drug-likeness (QED) is 0.561. The number of benzene rings is 2. The van der Waals surface area contributed by atoms with Crippen LogP contribution in [0.3, 0.4) is 0 Å². The van der Waals surface area contributed by atoms with Crippen LogP contribution < -0.4 is 4.74 Å². The largest absolute Gasteiger partial charge is 0.484 e. The molecule has 0 aliphatic carbocycles. The maximum atomic E-state index is 6.12. The second-order valence-electron chi connectivity index (χ2n) is 4.28. The molecule has 0 saturated carbocycles. The van der Waals surface area contributed by atoms with Gasteiger partial charge in [-0.1, -0.05) is 71.1 Å². The normalized spacial score (nSPS) is 22.6. The maximum absolute atomic E-state index is 6.12. The van der Waals surface area contributed by atoms with Gasteiger partial charge in [-0.25, -0.2) is 0 Å². The van der Waals surface area contributed by atoms with Crippen LogP contribution in [0.1, 0.15) is 17.2 Å². The predicted octanol–water partition coefficient (Wildman–Crippen LogP) is 4.17. The molecule has 1 heterocycles. The van der Waals surface area contributed by atoms with Crippen LogP contribution in [-0.2, 0) is 6.42 Å². The lowest BCUT2D eigenvalue weighted by Crippen LogP contribution is -2.25. The zero-order valence-electron chi connectivity index (χ0n) is 9.34. The first kappa shape index (κ1) is 11.1. The van der Waals surface area contributed by atoms with Gasteiger partial charge >= 0.3 is 0 Å². The molecule has 0 spiro atoms. The van der Waals surface area contributed by atoms with Crippen molar-refractivity contribution in [3.8, 4) is 5.75 Å². The molecule has 1 aliphatic rings. The first-order valence-corrected chi connectivity index (χ1v) is 7.03. The van der Waals surface area contributed by atoms with Crippen LogP contribution in [0.5, 0.6) is 5.75 Å². The van der Waals surface area contributed by atoms with Gasteiger partial charge < -0.3 is 4.74 Å². The molecule has 2 atom stereocenters. The Kier molecular flexibility index (Phi) is 3.05. The van der Waals surface area contributed by atoms with Crippen LogP contribution in [0.25, 0.3) is 0 Å². The van der Waals surface area contributed by atoms with Crippen molar-refractivity contribution in [2.75, 3.05) is 0 Å². The summed E-state index contributed by atoms with van der Waals surface area (Å²) in [6.45, 7) is 0. The molecule has 2 heteroatoms. The molecule has 0 fully saturated rings. The van der Waals surface area contributed by atoms with Crippen molar-refractivity contribution in [3.63, 3.8) is 0 Å². The van der Waals surface area contributed by atoms with Crippen molar-refractivity contribution in [1.82, 2.24) is 0 Å². The average Bonchev–Trinajstić information content (AvgIpc) is 2.39. The minimum atomic E-state index is 0.173. The maximum Gasteiger partial charge on any atom is 0.136 e. The molecular weight excluding hydrogens is 323 g/mol. The zero-order chi connectivity index (χ0) is 11.7. The number of hydrogen-bond acceptors (Lipinski definition) is 1. The number of halogens is 1. The van der Waals surface area contributed by atoms with E-state index in [0.29, 0.717) is 3.92 Å². The molecular formula is C15H13IO. The van der Waals surface area contributed by atoms with E-state index in [-0.39, 0.29) is 6.10 Å². The van der Waals surface area contributed by atoms with Crippen molar-refractivity contribution < 1.29 is 4.74 Å². The van der Waals surface area contributed by atoms with E-state index in [0.717, 1.165) is 12.2 Å². The van der Waals surface area contributed by atoms with Gasteiger partial charge in [0.25, 0.3) is 0 Å². The van der Waals surface area contributed by atoms with Gasteiger partial charge in [-0.15, -0.1) is 0 Å². The standard InChI is InChI=1S/C15H13IO/c16-13-10-12-8-4-5-9-14(12)17-15(13)11-6-2-1-3-7-11/h1-9,13,15H,10H2/t13-,15+/m0/s1. The van der Waals surface area contributed by atoms with Crippen LogP contribution in [0.4, 0.5) is 0 Å². The topological polar surface area (TPSA) is 9.23 Å². The highest BCUT2D eigenvalue weighted by molar-refractivity contribution is 14.1. The Morgan fingerprint density at radius 2 is 1.65 bits per heavy atom. The van der Waals surface area contributed by atoms with Gasteiger partial charge in [0.2, 0.25) is 0 Å². The molecule has 2 aromatic carbocycles. The number of alkyl halides is 1. The summed E-state index contributed by atoms with van der Waals surface area (Å²) in [6.07, 6.45) is 1.25. The fourth-order valence-electron chi connectivity index (χ4n) is 2.23. The van der Waals surface area contributed by atoms with Gasteiger partial charge in [-0.3, -0.25) is 0 Å². The minimum absolute atomic E-state index is 0.173. The predicted molar refractivity (Wildman–Crippen MR) is 77.8 cm³/mol. The number of ether oxygens (including phenoxy) is 1. The second-order valence-corrected chi connectivity index (χ2v) is 5.88. The van der Waals surface area contributed by atoms with E-state index in [1.54, 1.807) is 0 Å². The highest BCUT2D eigenvalue weighted by Gasteiger charge is 2.28. The molecule has 0 aromatic heterocycles. The molecule has 0 unspecified atom stereocenters. The Balaban J connectivity index is 1.95. The molecule has 0 N–H and O–H groups in total. The summed E-state index contributed by atoms with van der Waals surface area (Å²) in [4.78, 5) is 0. The molecule has 1 nitrogen and oxygen atoms in total. The zero-order valence-corrected chi connectivity index (χ0v) is 11.5. The number of rotatable bonds is 1. The highest BCUT2D eigenvalue weighted by atomic mass is 127. The second kappa shape index (κ2) is 4.69. The van der Waals surface area contributed by atoms with Gasteiger partial charge in [0, 0.05) is 0 Å². The van der Waals surface area contributed by atoms with Crippen molar-refractivity contribution in [2.45, 2.75) is 16.4 Å². The summed E-state index contributed by atoms with van der Waals surface area (Å²) >= 11 is 2.49. The summed E-state index contributed by atoms with van der Waals surface area (Å²) in [5.41, 5.74) is 2.58. The Morgan fingerprint density at radius 1 is 0.941 bits per heavy atom. The van der Waals surface area contributed by atoms with Crippen LogP contribution in [-0.4, -0.2) is 3.92 Å². The van der Waals surface area contributed by atoms with Gasteiger partial charge in [-0.2, -0.15) is 0 Å². The Labute approximate surface area is 115 Å². The molecule has 17 heavy (non-hydrogen) atoms. The molecule has 1 aliphatic heterocycles. The van der Waals surface area contributed by atoms with E-state index < -0.39 is 0 Å². The number of fused-ring (bicyclic) bond motifs is 1. The Morgan fingerprint density at radius 3 is 2.47 bits per heavy atom. The van der Waals surface area contributed by atoms with E-state index in [1.165, 1.54) is 11.1 Å². The Bertz CT molecular complexity index is 509. The third-order valence-corrected chi connectivity index (χ3v) is 4.19. The summed E-state index contributed by atoms with van der Waals surface area (Å²) < 4.78 is 6.61. The van der Waals surface area contributed by atoms with Crippen LogP contribution >= 0.6 is 22.6 Å². The van der Waals surface area contributed by atoms with Crippen molar-refractivity contribution in [2.24, 2.45) is 0 Å². The monoisotopic (exact) mass is 336 g/mol. The molecule has 0 bridgehead atoms.